The molecule has 0 aliphatic carbocycles. The smallest absolute Gasteiger partial charge is 0.0847 e. The van der Waals surface area contributed by atoms with Gasteiger partial charge >= 0.3 is 0 Å². The minimum absolute atomic E-state index is 0.527. The molecular weight excluding hydrogens is 264 g/mol. The molecule has 80 valence electrons. The topological polar surface area (TPSA) is 40.5 Å². The van der Waals surface area contributed by atoms with Crippen LogP contribution in [0, 0.1) is 0 Å². The van der Waals surface area contributed by atoms with Gasteiger partial charge in [0, 0.05) is 15.8 Å². The maximum atomic E-state index is 9.68. The lowest BCUT2D eigenvalue weighted by Gasteiger charge is -2.16. The van der Waals surface area contributed by atoms with E-state index in [-0.39, 0.29) is 0 Å². The molecule has 1 rings (SSSR count). The second-order valence-corrected chi connectivity index (χ2v) is 5.17. The van der Waals surface area contributed by atoms with Crippen molar-refractivity contribution >= 4 is 27.3 Å². The summed E-state index contributed by atoms with van der Waals surface area (Å²) in [5, 5.41) is 21.2. The van der Waals surface area contributed by atoms with E-state index in [1.807, 2.05) is 18.4 Å². The Balaban J connectivity index is 2.48. The highest BCUT2D eigenvalue weighted by Crippen LogP contribution is 2.24. The van der Waals surface area contributed by atoms with Gasteiger partial charge in [0.2, 0.25) is 0 Å². The van der Waals surface area contributed by atoms with E-state index in [2.05, 4.69) is 15.9 Å². The SMILES string of the molecule is CCCC(O)C(O)Cc1sccc1Br. The number of halogens is 1. The average Bonchev–Trinajstić information content (AvgIpc) is 2.52. The first kappa shape index (κ1) is 12.2. The van der Waals surface area contributed by atoms with Crippen LogP contribution in [-0.2, 0) is 6.42 Å². The summed E-state index contributed by atoms with van der Waals surface area (Å²) in [4.78, 5) is 1.09. The summed E-state index contributed by atoms with van der Waals surface area (Å²) in [6.07, 6.45) is 0.826. The highest BCUT2D eigenvalue weighted by Gasteiger charge is 2.17. The van der Waals surface area contributed by atoms with Crippen LogP contribution in [0.25, 0.3) is 0 Å². The molecule has 2 N–H and O–H groups in total. The van der Waals surface area contributed by atoms with E-state index in [4.69, 9.17) is 0 Å². The van der Waals surface area contributed by atoms with Crippen molar-refractivity contribution < 1.29 is 10.2 Å². The van der Waals surface area contributed by atoms with Crippen LogP contribution < -0.4 is 0 Å². The fourth-order valence-corrected chi connectivity index (χ4v) is 2.85. The summed E-state index contributed by atoms with van der Waals surface area (Å²) in [6, 6.07) is 1.96. The predicted molar refractivity (Wildman–Crippen MR) is 62.6 cm³/mol. The third-order valence-corrected chi connectivity index (χ3v) is 4.06. The van der Waals surface area contributed by atoms with Crippen LogP contribution in [0.2, 0.25) is 0 Å². The number of thiophene rings is 1. The van der Waals surface area contributed by atoms with E-state index in [1.165, 1.54) is 0 Å². The van der Waals surface area contributed by atoms with Crippen molar-refractivity contribution in [2.75, 3.05) is 0 Å². The van der Waals surface area contributed by atoms with Crippen LogP contribution in [-0.4, -0.2) is 22.4 Å². The van der Waals surface area contributed by atoms with E-state index in [0.29, 0.717) is 12.8 Å². The van der Waals surface area contributed by atoms with Crippen LogP contribution >= 0.6 is 27.3 Å². The molecule has 0 aliphatic heterocycles. The molecule has 0 saturated carbocycles. The van der Waals surface area contributed by atoms with Crippen LogP contribution in [0.4, 0.5) is 0 Å². The highest BCUT2D eigenvalue weighted by molar-refractivity contribution is 9.10. The molecule has 0 spiro atoms. The molecule has 2 nitrogen and oxygen atoms in total. The third-order valence-electron chi connectivity index (χ3n) is 2.11. The first-order chi connectivity index (χ1) is 6.65. The van der Waals surface area contributed by atoms with Crippen molar-refractivity contribution in [3.05, 3.63) is 20.8 Å². The van der Waals surface area contributed by atoms with Crippen molar-refractivity contribution in [2.45, 2.75) is 38.4 Å². The number of aliphatic hydroxyl groups excluding tert-OH is 2. The van der Waals surface area contributed by atoms with Gasteiger partial charge in [-0.25, -0.2) is 0 Å². The second kappa shape index (κ2) is 5.85. The molecule has 0 bridgehead atoms. The lowest BCUT2D eigenvalue weighted by atomic mass is 10.1. The summed E-state index contributed by atoms with van der Waals surface area (Å²) in [5.74, 6) is 0. The first-order valence-corrected chi connectivity index (χ1v) is 6.40. The van der Waals surface area contributed by atoms with Gasteiger partial charge in [0.05, 0.1) is 12.2 Å². The predicted octanol–water partition coefficient (Wildman–Crippen LogP) is 2.58. The molecule has 2 atom stereocenters. The van der Waals surface area contributed by atoms with Gasteiger partial charge < -0.3 is 10.2 Å². The summed E-state index contributed by atoms with van der Waals surface area (Å²) in [6.45, 7) is 2.00. The Bertz CT molecular complexity index is 275. The largest absolute Gasteiger partial charge is 0.390 e. The Morgan fingerprint density at radius 2 is 2.14 bits per heavy atom. The quantitative estimate of drug-likeness (QED) is 0.869. The minimum atomic E-state index is -0.648. The molecule has 0 aliphatic rings. The Kier molecular flexibility index (Phi) is 5.09. The highest BCUT2D eigenvalue weighted by atomic mass is 79.9. The van der Waals surface area contributed by atoms with Crippen molar-refractivity contribution in [1.82, 2.24) is 0 Å². The van der Waals surface area contributed by atoms with Crippen LogP contribution in [0.15, 0.2) is 15.9 Å². The Hall–Kier alpha value is 0.100. The van der Waals surface area contributed by atoms with Crippen LogP contribution in [0.3, 0.4) is 0 Å². The molecule has 1 heterocycles. The standard InChI is InChI=1S/C10H15BrO2S/c1-2-3-8(12)9(13)6-10-7(11)4-5-14-10/h4-5,8-9,12-13H,2-3,6H2,1H3. The molecule has 0 amide bonds. The molecule has 4 heteroatoms. The summed E-state index contributed by atoms with van der Waals surface area (Å²) in [5.41, 5.74) is 0. The first-order valence-electron chi connectivity index (χ1n) is 4.73. The van der Waals surface area contributed by atoms with Crippen molar-refractivity contribution in [3.8, 4) is 0 Å². The molecule has 1 aromatic heterocycles. The van der Waals surface area contributed by atoms with Gasteiger partial charge in [-0.1, -0.05) is 13.3 Å². The zero-order valence-electron chi connectivity index (χ0n) is 8.11. The molecule has 1 aromatic rings. The van der Waals surface area contributed by atoms with Gasteiger partial charge in [-0.2, -0.15) is 0 Å². The van der Waals surface area contributed by atoms with E-state index in [9.17, 15) is 10.2 Å². The lowest BCUT2D eigenvalue weighted by Crippen LogP contribution is -2.27. The fraction of sp³-hybridized carbons (Fsp3) is 0.600. The maximum Gasteiger partial charge on any atom is 0.0847 e. The fourth-order valence-electron chi connectivity index (χ4n) is 1.28. The van der Waals surface area contributed by atoms with Gasteiger partial charge in [0.25, 0.3) is 0 Å². The van der Waals surface area contributed by atoms with Gasteiger partial charge in [0.15, 0.2) is 0 Å². The van der Waals surface area contributed by atoms with Crippen molar-refractivity contribution in [1.29, 1.82) is 0 Å². The number of hydrogen-bond acceptors (Lipinski definition) is 3. The van der Waals surface area contributed by atoms with Gasteiger partial charge in [-0.05, 0) is 33.8 Å². The normalized spacial score (nSPS) is 15.4. The number of rotatable bonds is 5. The van der Waals surface area contributed by atoms with E-state index >= 15 is 0 Å². The number of aliphatic hydroxyl groups is 2. The second-order valence-electron chi connectivity index (χ2n) is 3.32. The zero-order chi connectivity index (χ0) is 10.6. The Morgan fingerprint density at radius 1 is 1.43 bits per heavy atom. The van der Waals surface area contributed by atoms with Gasteiger partial charge in [-0.3, -0.25) is 0 Å². The molecule has 14 heavy (non-hydrogen) atoms. The van der Waals surface area contributed by atoms with Crippen molar-refractivity contribution in [2.24, 2.45) is 0 Å². The van der Waals surface area contributed by atoms with E-state index in [1.54, 1.807) is 11.3 Å². The van der Waals surface area contributed by atoms with E-state index < -0.39 is 12.2 Å². The molecule has 0 saturated heterocycles. The van der Waals surface area contributed by atoms with Gasteiger partial charge in [0.1, 0.15) is 0 Å². The number of hydrogen-bond donors (Lipinski definition) is 2. The van der Waals surface area contributed by atoms with Gasteiger partial charge in [-0.15, -0.1) is 11.3 Å². The molecule has 0 fully saturated rings. The van der Waals surface area contributed by atoms with Crippen LogP contribution in [0.5, 0.6) is 0 Å². The summed E-state index contributed by atoms with van der Waals surface area (Å²) < 4.78 is 1.02. The monoisotopic (exact) mass is 278 g/mol. The summed E-state index contributed by atoms with van der Waals surface area (Å²) in [7, 11) is 0. The maximum absolute atomic E-state index is 9.68. The minimum Gasteiger partial charge on any atom is -0.390 e. The average molecular weight is 279 g/mol. The third kappa shape index (κ3) is 3.35. The molecule has 0 aromatic carbocycles. The lowest BCUT2D eigenvalue weighted by molar-refractivity contribution is 0.0152. The Labute approximate surface area is 96.7 Å². The molecule has 0 radical (unpaired) electrons. The van der Waals surface area contributed by atoms with Crippen LogP contribution in [0.1, 0.15) is 24.6 Å². The Morgan fingerprint density at radius 3 is 2.64 bits per heavy atom. The summed E-state index contributed by atoms with van der Waals surface area (Å²) >= 11 is 5.00. The molecule has 2 unspecified atom stereocenters. The zero-order valence-corrected chi connectivity index (χ0v) is 10.5. The van der Waals surface area contributed by atoms with E-state index in [0.717, 1.165) is 15.8 Å². The van der Waals surface area contributed by atoms with Crippen molar-refractivity contribution in [3.63, 3.8) is 0 Å². The molecular formula is C10H15BrO2S.